The van der Waals surface area contributed by atoms with Crippen molar-refractivity contribution >= 4 is 6.41 Å². The first-order valence-corrected chi connectivity index (χ1v) is 8.47. The molecule has 0 radical (unpaired) electrons. The number of aromatic nitrogens is 2. The number of aromatic hydroxyl groups is 1. The van der Waals surface area contributed by atoms with Crippen LogP contribution in [0, 0.1) is 6.92 Å². The van der Waals surface area contributed by atoms with Crippen molar-refractivity contribution in [2.24, 2.45) is 0 Å². The van der Waals surface area contributed by atoms with Gasteiger partial charge in [-0.1, -0.05) is 19.0 Å². The molecule has 6 nitrogen and oxygen atoms in total. The van der Waals surface area contributed by atoms with Crippen LogP contribution in [0.1, 0.15) is 25.1 Å². The van der Waals surface area contributed by atoms with Crippen LogP contribution < -0.4 is 5.32 Å². The van der Waals surface area contributed by atoms with Crippen LogP contribution in [0.2, 0.25) is 0 Å². The standard InChI is InChI=1S/C10H9NO2.C8H10N2O.C2H6/c1-7-6-10(13-11-7)8-2-4-9(12)5-3-8;11-7-10-6-3-8-1-4-9-5-2-8;1-2/h2-6,12H,1H3;1-2,4-5,7H,3,6H2,(H,10,11);1-2H3. The molecule has 3 aromatic rings. The van der Waals surface area contributed by atoms with Crippen molar-refractivity contribution in [1.82, 2.24) is 15.5 Å². The maximum atomic E-state index is 9.87. The lowest BCUT2D eigenvalue weighted by Crippen LogP contribution is -2.14. The first-order chi connectivity index (χ1) is 12.7. The molecular weight excluding hydrogens is 330 g/mol. The molecule has 0 aliphatic rings. The van der Waals surface area contributed by atoms with Crippen molar-refractivity contribution in [1.29, 1.82) is 0 Å². The summed E-state index contributed by atoms with van der Waals surface area (Å²) >= 11 is 0. The SMILES string of the molecule is CC.Cc1cc(-c2ccc(O)cc2)on1.O=CNCCc1ccncc1. The van der Waals surface area contributed by atoms with Gasteiger partial charge in [0.25, 0.3) is 0 Å². The molecule has 1 aromatic carbocycles. The molecular formula is C20H25N3O3. The first kappa shape index (κ1) is 20.9. The molecule has 2 aromatic heterocycles. The minimum absolute atomic E-state index is 0.250. The van der Waals surface area contributed by atoms with Gasteiger partial charge in [-0.25, -0.2) is 0 Å². The van der Waals surface area contributed by atoms with Gasteiger partial charge in [-0.2, -0.15) is 0 Å². The largest absolute Gasteiger partial charge is 0.508 e. The number of phenols is 1. The molecule has 6 heteroatoms. The third kappa shape index (κ3) is 7.61. The van der Waals surface area contributed by atoms with Crippen molar-refractivity contribution in [3.05, 3.63) is 66.1 Å². The monoisotopic (exact) mass is 355 g/mol. The number of carbonyl (C=O) groups excluding carboxylic acids is 1. The number of aryl methyl sites for hydroxylation is 1. The van der Waals surface area contributed by atoms with Crippen molar-refractivity contribution in [2.75, 3.05) is 6.54 Å². The molecule has 0 unspecified atom stereocenters. The summed E-state index contributed by atoms with van der Waals surface area (Å²) < 4.78 is 5.06. The second-order valence-electron chi connectivity index (χ2n) is 5.06. The lowest BCUT2D eigenvalue weighted by Gasteiger charge is -1.97. The van der Waals surface area contributed by atoms with Crippen LogP contribution in [-0.2, 0) is 11.2 Å². The molecule has 0 fully saturated rings. The highest BCUT2D eigenvalue weighted by molar-refractivity contribution is 5.58. The van der Waals surface area contributed by atoms with Crippen LogP contribution in [0.25, 0.3) is 11.3 Å². The molecule has 0 aliphatic carbocycles. The zero-order valence-electron chi connectivity index (χ0n) is 15.3. The number of amides is 1. The van der Waals surface area contributed by atoms with Gasteiger partial charge in [-0.05, 0) is 55.3 Å². The van der Waals surface area contributed by atoms with Gasteiger partial charge in [0.15, 0.2) is 5.76 Å². The second-order valence-corrected chi connectivity index (χ2v) is 5.06. The van der Waals surface area contributed by atoms with Crippen molar-refractivity contribution < 1.29 is 14.4 Å². The topological polar surface area (TPSA) is 88.2 Å². The highest BCUT2D eigenvalue weighted by Crippen LogP contribution is 2.22. The van der Waals surface area contributed by atoms with E-state index in [4.69, 9.17) is 9.63 Å². The smallest absolute Gasteiger partial charge is 0.207 e. The third-order valence-corrected chi connectivity index (χ3v) is 3.17. The normalized spacial score (nSPS) is 9.19. The molecule has 2 N–H and O–H groups in total. The summed E-state index contributed by atoms with van der Waals surface area (Å²) in [6.07, 6.45) is 5.06. The summed E-state index contributed by atoms with van der Waals surface area (Å²) in [7, 11) is 0. The van der Waals surface area contributed by atoms with Gasteiger partial charge < -0.3 is 14.9 Å². The number of benzene rings is 1. The first-order valence-electron chi connectivity index (χ1n) is 8.47. The van der Waals surface area contributed by atoms with Gasteiger partial charge in [0.2, 0.25) is 6.41 Å². The van der Waals surface area contributed by atoms with E-state index in [2.05, 4.69) is 15.5 Å². The summed E-state index contributed by atoms with van der Waals surface area (Å²) in [6.45, 7) is 6.56. The Kier molecular flexibility index (Phi) is 9.84. The van der Waals surface area contributed by atoms with Gasteiger partial charge in [0.1, 0.15) is 5.75 Å². The third-order valence-electron chi connectivity index (χ3n) is 3.17. The van der Waals surface area contributed by atoms with Crippen LogP contribution in [0.5, 0.6) is 5.75 Å². The Balaban J connectivity index is 0.000000241. The molecule has 26 heavy (non-hydrogen) atoms. The lowest BCUT2D eigenvalue weighted by atomic mass is 10.1. The van der Waals surface area contributed by atoms with Crippen LogP contribution >= 0.6 is 0 Å². The highest BCUT2D eigenvalue weighted by Gasteiger charge is 2.02. The van der Waals surface area contributed by atoms with Crippen LogP contribution in [0.15, 0.2) is 59.4 Å². The summed E-state index contributed by atoms with van der Waals surface area (Å²) in [6, 6.07) is 12.5. The quantitative estimate of drug-likeness (QED) is 0.537. The zero-order chi connectivity index (χ0) is 19.2. The number of hydrogen-bond donors (Lipinski definition) is 2. The fourth-order valence-corrected chi connectivity index (χ4v) is 1.95. The van der Waals surface area contributed by atoms with E-state index in [1.165, 1.54) is 5.56 Å². The number of hydrogen-bond acceptors (Lipinski definition) is 5. The van der Waals surface area contributed by atoms with E-state index < -0.39 is 0 Å². The predicted octanol–water partition coefficient (Wildman–Crippen LogP) is 3.75. The molecule has 2 heterocycles. The molecule has 0 saturated heterocycles. The summed E-state index contributed by atoms with van der Waals surface area (Å²) in [5.74, 6) is 0.970. The van der Waals surface area contributed by atoms with E-state index in [1.54, 1.807) is 36.7 Å². The van der Waals surface area contributed by atoms with E-state index >= 15 is 0 Å². The average Bonchev–Trinajstić information content (AvgIpc) is 3.12. The summed E-state index contributed by atoms with van der Waals surface area (Å²) in [5.41, 5.74) is 2.95. The minimum Gasteiger partial charge on any atom is -0.508 e. The van der Waals surface area contributed by atoms with Gasteiger partial charge in [-0.15, -0.1) is 0 Å². The summed E-state index contributed by atoms with van der Waals surface area (Å²) in [5, 5.41) is 15.4. The fraction of sp³-hybridized carbons (Fsp3) is 0.250. The Morgan fingerprint density at radius 1 is 1.12 bits per heavy atom. The fourth-order valence-electron chi connectivity index (χ4n) is 1.95. The number of nitrogens with zero attached hydrogens (tertiary/aromatic N) is 2. The molecule has 0 saturated carbocycles. The molecule has 0 atom stereocenters. The second kappa shape index (κ2) is 12.2. The van der Waals surface area contributed by atoms with Gasteiger partial charge in [0, 0.05) is 30.6 Å². The van der Waals surface area contributed by atoms with E-state index in [9.17, 15) is 4.79 Å². The Labute approximate surface area is 153 Å². The van der Waals surface area contributed by atoms with Gasteiger partial charge in [-0.3, -0.25) is 9.78 Å². The van der Waals surface area contributed by atoms with Crippen LogP contribution in [-0.4, -0.2) is 28.2 Å². The molecule has 0 bridgehead atoms. The Morgan fingerprint density at radius 2 is 1.77 bits per heavy atom. The van der Waals surface area contributed by atoms with Crippen molar-refractivity contribution in [2.45, 2.75) is 27.2 Å². The molecule has 0 aliphatic heterocycles. The Morgan fingerprint density at radius 3 is 2.31 bits per heavy atom. The maximum Gasteiger partial charge on any atom is 0.207 e. The number of phenolic OH excluding ortho intramolecular Hbond substituents is 1. The maximum absolute atomic E-state index is 9.87. The number of rotatable bonds is 5. The predicted molar refractivity (Wildman–Crippen MR) is 102 cm³/mol. The Bertz CT molecular complexity index is 741. The van der Waals surface area contributed by atoms with E-state index in [-0.39, 0.29) is 5.75 Å². The van der Waals surface area contributed by atoms with E-state index in [0.29, 0.717) is 13.0 Å². The highest BCUT2D eigenvalue weighted by atomic mass is 16.5. The van der Waals surface area contributed by atoms with Crippen molar-refractivity contribution in [3.63, 3.8) is 0 Å². The number of carbonyl (C=O) groups is 1. The number of pyridine rings is 1. The minimum atomic E-state index is 0.250. The molecule has 3 rings (SSSR count). The number of nitrogens with one attached hydrogen (secondary N) is 1. The molecule has 1 amide bonds. The van der Waals surface area contributed by atoms with Crippen molar-refractivity contribution in [3.8, 4) is 17.1 Å². The Hall–Kier alpha value is -3.15. The van der Waals surface area contributed by atoms with E-state index in [0.717, 1.165) is 23.4 Å². The van der Waals surface area contributed by atoms with Crippen LogP contribution in [0.3, 0.4) is 0 Å². The summed E-state index contributed by atoms with van der Waals surface area (Å²) in [4.78, 5) is 13.8. The molecule has 0 spiro atoms. The van der Waals surface area contributed by atoms with E-state index in [1.807, 2.05) is 39.0 Å². The zero-order valence-corrected chi connectivity index (χ0v) is 15.3. The van der Waals surface area contributed by atoms with Gasteiger partial charge >= 0.3 is 0 Å². The average molecular weight is 355 g/mol. The van der Waals surface area contributed by atoms with Crippen LogP contribution in [0.4, 0.5) is 0 Å². The lowest BCUT2D eigenvalue weighted by molar-refractivity contribution is -0.109. The van der Waals surface area contributed by atoms with Gasteiger partial charge in [0.05, 0.1) is 5.69 Å². The molecule has 138 valence electrons.